The Morgan fingerprint density at radius 3 is 1.05 bits per heavy atom. The molecule has 6 rings (SSSR count). The Morgan fingerprint density at radius 1 is 0.342 bits per heavy atom. The number of benzene rings is 6. The number of hydrogen-bond donors (Lipinski definition) is 0. The molecule has 0 atom stereocenters. The van der Waals surface area contributed by atoms with E-state index in [1.54, 1.807) is 23.5 Å². The quantitative estimate of drug-likeness (QED) is 0.121. The topological polar surface area (TPSA) is 0 Å². The van der Waals surface area contributed by atoms with Gasteiger partial charge in [0.15, 0.2) is 0 Å². The summed E-state index contributed by atoms with van der Waals surface area (Å²) in [6, 6.07) is 40.1. The Balaban J connectivity index is 1.28. The molecule has 0 aliphatic heterocycles. The summed E-state index contributed by atoms with van der Waals surface area (Å²) in [6.07, 6.45) is 13.0. The van der Waals surface area contributed by atoms with Gasteiger partial charge in [0.05, 0.1) is 0 Å². The fourth-order valence-electron chi connectivity index (χ4n) is 4.81. The maximum Gasteiger partial charge on any atom is 0.00695 e. The maximum absolute atomic E-state index is 2.32. The molecular weight excluding hydrogens is 497 g/mol. The highest BCUT2D eigenvalue weighted by atomic mass is 32.2. The summed E-state index contributed by atoms with van der Waals surface area (Å²) in [6.45, 7) is 0. The second-order valence-electron chi connectivity index (χ2n) is 9.48. The molecule has 38 heavy (non-hydrogen) atoms. The van der Waals surface area contributed by atoms with Crippen molar-refractivity contribution < 1.29 is 0 Å². The van der Waals surface area contributed by atoms with Gasteiger partial charge >= 0.3 is 0 Å². The average molecular weight is 525 g/mol. The van der Waals surface area contributed by atoms with Crippen molar-refractivity contribution in [1.29, 1.82) is 0 Å². The van der Waals surface area contributed by atoms with Crippen LogP contribution in [0.2, 0.25) is 0 Å². The Bertz CT molecular complexity index is 1670. The summed E-state index contributed by atoms with van der Waals surface area (Å²) in [5, 5.41) is 7.62. The van der Waals surface area contributed by atoms with Crippen molar-refractivity contribution in [2.45, 2.75) is 9.79 Å². The minimum atomic E-state index is 1.21. The van der Waals surface area contributed by atoms with Crippen LogP contribution >= 0.6 is 23.5 Å². The lowest BCUT2D eigenvalue weighted by molar-refractivity contribution is 1.45. The lowest BCUT2D eigenvalue weighted by Gasteiger charge is -2.07. The van der Waals surface area contributed by atoms with Gasteiger partial charge in [-0.25, -0.2) is 0 Å². The molecule has 0 aromatic heterocycles. The molecule has 0 N–H and O–H groups in total. The van der Waals surface area contributed by atoms with Crippen LogP contribution in [0.3, 0.4) is 0 Å². The van der Waals surface area contributed by atoms with Gasteiger partial charge in [0, 0.05) is 9.79 Å². The van der Waals surface area contributed by atoms with Crippen LogP contribution in [0, 0.1) is 0 Å². The van der Waals surface area contributed by atoms with Gasteiger partial charge in [0.25, 0.3) is 0 Å². The van der Waals surface area contributed by atoms with Crippen molar-refractivity contribution in [1.82, 2.24) is 0 Å². The van der Waals surface area contributed by atoms with E-state index in [1.165, 1.54) is 64.4 Å². The molecule has 0 nitrogen and oxygen atoms in total. The molecule has 0 bridgehead atoms. The van der Waals surface area contributed by atoms with Gasteiger partial charge in [0.2, 0.25) is 0 Å². The molecule has 0 spiro atoms. The van der Waals surface area contributed by atoms with Crippen LogP contribution < -0.4 is 0 Å². The molecule has 0 saturated carbocycles. The Morgan fingerprint density at radius 2 is 0.658 bits per heavy atom. The standard InChI is InChI=1S/C36H28S2/c1-37-35-15-9-25(10-16-35)3-5-27-7-13-29-21-34-24-32-20-28(6-4-26-11-17-36(38-2)18-12-26)8-14-30(32)22-33(34)23-31(29)19-27/h3-24H,1-2H3/b5-3+,6-4+. The minimum Gasteiger partial charge on any atom is -0.130 e. The lowest BCUT2D eigenvalue weighted by Crippen LogP contribution is -1.82. The van der Waals surface area contributed by atoms with Gasteiger partial charge in [-0.1, -0.05) is 72.8 Å². The molecule has 0 amide bonds. The fourth-order valence-corrected chi connectivity index (χ4v) is 5.62. The SMILES string of the molecule is CSc1ccc(/C=C/c2ccc3cc4cc5cc(/C=C/c6ccc(SC)cc6)ccc5cc4cc3c2)cc1. The zero-order chi connectivity index (χ0) is 25.9. The van der Waals surface area contributed by atoms with Crippen molar-refractivity contribution in [3.63, 3.8) is 0 Å². The summed E-state index contributed by atoms with van der Waals surface area (Å²) < 4.78 is 0. The van der Waals surface area contributed by atoms with Crippen molar-refractivity contribution >= 4 is 80.1 Å². The first-order chi connectivity index (χ1) is 18.7. The average Bonchev–Trinajstić information content (AvgIpc) is 2.97. The van der Waals surface area contributed by atoms with Crippen LogP contribution in [0.25, 0.3) is 56.6 Å². The molecule has 6 aromatic rings. The van der Waals surface area contributed by atoms with E-state index in [0.29, 0.717) is 0 Å². The van der Waals surface area contributed by atoms with Gasteiger partial charge in [-0.15, -0.1) is 23.5 Å². The third-order valence-corrected chi connectivity index (χ3v) is 8.45. The summed E-state index contributed by atoms with van der Waals surface area (Å²) in [4.78, 5) is 2.58. The summed E-state index contributed by atoms with van der Waals surface area (Å²) in [5.41, 5.74) is 4.86. The van der Waals surface area contributed by atoms with E-state index in [2.05, 4.69) is 146 Å². The highest BCUT2D eigenvalue weighted by Gasteiger charge is 2.03. The number of thioether (sulfide) groups is 2. The molecule has 0 aliphatic carbocycles. The van der Waals surface area contributed by atoms with Crippen LogP contribution in [0.4, 0.5) is 0 Å². The smallest absolute Gasteiger partial charge is 0.00695 e. The first kappa shape index (κ1) is 24.6. The third kappa shape index (κ3) is 5.43. The Labute approximate surface area is 233 Å². The van der Waals surface area contributed by atoms with E-state index in [1.807, 2.05) is 0 Å². The third-order valence-electron chi connectivity index (χ3n) is 6.97. The van der Waals surface area contributed by atoms with Gasteiger partial charge in [-0.2, -0.15) is 0 Å². The molecular formula is C36H28S2. The fraction of sp³-hybridized carbons (Fsp3) is 0.0556. The maximum atomic E-state index is 2.32. The van der Waals surface area contributed by atoms with E-state index >= 15 is 0 Å². The molecule has 0 radical (unpaired) electrons. The second-order valence-corrected chi connectivity index (χ2v) is 11.2. The number of rotatable bonds is 6. The van der Waals surface area contributed by atoms with E-state index < -0.39 is 0 Å². The zero-order valence-corrected chi connectivity index (χ0v) is 23.2. The van der Waals surface area contributed by atoms with Gasteiger partial charge in [-0.3, -0.25) is 0 Å². The highest BCUT2D eigenvalue weighted by molar-refractivity contribution is 7.98. The predicted octanol–water partition coefficient (Wildman–Crippen LogP) is 10.9. The van der Waals surface area contributed by atoms with Crippen molar-refractivity contribution in [2.75, 3.05) is 12.5 Å². The largest absolute Gasteiger partial charge is 0.130 e. The van der Waals surface area contributed by atoms with Crippen molar-refractivity contribution in [3.05, 3.63) is 131 Å². The normalized spacial score (nSPS) is 11.9. The van der Waals surface area contributed by atoms with Gasteiger partial charge in [0.1, 0.15) is 0 Å². The molecule has 0 heterocycles. The van der Waals surface area contributed by atoms with Gasteiger partial charge < -0.3 is 0 Å². The predicted molar refractivity (Wildman–Crippen MR) is 173 cm³/mol. The minimum absolute atomic E-state index is 1.21. The Hall–Kier alpha value is -3.72. The van der Waals surface area contributed by atoms with Crippen LogP contribution in [0.15, 0.2) is 119 Å². The molecule has 6 aromatic carbocycles. The van der Waals surface area contributed by atoms with Crippen LogP contribution in [0.1, 0.15) is 22.3 Å². The van der Waals surface area contributed by atoms with Crippen molar-refractivity contribution in [3.8, 4) is 0 Å². The van der Waals surface area contributed by atoms with E-state index in [4.69, 9.17) is 0 Å². The number of fused-ring (bicyclic) bond motifs is 3. The zero-order valence-electron chi connectivity index (χ0n) is 21.5. The molecule has 2 heteroatoms. The highest BCUT2D eigenvalue weighted by Crippen LogP contribution is 2.29. The molecule has 0 aliphatic rings. The molecule has 0 unspecified atom stereocenters. The summed E-state index contributed by atoms with van der Waals surface area (Å²) >= 11 is 3.54. The first-order valence-corrected chi connectivity index (χ1v) is 15.2. The second kappa shape index (κ2) is 10.9. The van der Waals surface area contributed by atoms with E-state index in [9.17, 15) is 0 Å². The van der Waals surface area contributed by atoms with Crippen molar-refractivity contribution in [2.24, 2.45) is 0 Å². The van der Waals surface area contributed by atoms with E-state index in [0.717, 1.165) is 0 Å². The number of hydrogen-bond acceptors (Lipinski definition) is 2. The first-order valence-electron chi connectivity index (χ1n) is 12.7. The monoisotopic (exact) mass is 524 g/mol. The summed E-state index contributed by atoms with van der Waals surface area (Å²) in [7, 11) is 0. The van der Waals surface area contributed by atoms with Crippen LogP contribution in [-0.2, 0) is 0 Å². The lowest BCUT2D eigenvalue weighted by atomic mass is 9.97. The van der Waals surface area contributed by atoms with Crippen LogP contribution in [-0.4, -0.2) is 12.5 Å². The van der Waals surface area contributed by atoms with E-state index in [-0.39, 0.29) is 0 Å². The summed E-state index contributed by atoms with van der Waals surface area (Å²) in [5.74, 6) is 0. The molecule has 0 fully saturated rings. The van der Waals surface area contributed by atoms with Gasteiger partial charge in [-0.05, 0) is 128 Å². The molecule has 184 valence electrons. The Kier molecular flexibility index (Phi) is 7.09. The molecule has 0 saturated heterocycles. The van der Waals surface area contributed by atoms with Crippen LogP contribution in [0.5, 0.6) is 0 Å².